The Morgan fingerprint density at radius 3 is 2.50 bits per heavy atom. The number of nitrogens with zero attached hydrogens (tertiary/aromatic N) is 1. The van der Waals surface area contributed by atoms with Crippen molar-refractivity contribution in [1.29, 1.82) is 5.26 Å². The molecule has 0 aliphatic heterocycles. The van der Waals surface area contributed by atoms with E-state index in [4.69, 9.17) is 21.6 Å². The molecule has 0 bridgehead atoms. The number of amides is 1. The van der Waals surface area contributed by atoms with Gasteiger partial charge in [0.25, 0.3) is 5.91 Å². The van der Waals surface area contributed by atoms with Crippen LogP contribution in [0.1, 0.15) is 11.1 Å². The lowest BCUT2D eigenvalue weighted by Gasteiger charge is -2.27. The van der Waals surface area contributed by atoms with Gasteiger partial charge < -0.3 is 15.2 Å². The van der Waals surface area contributed by atoms with E-state index in [1.807, 2.05) is 6.07 Å². The highest BCUT2D eigenvalue weighted by Crippen LogP contribution is 2.31. The monoisotopic (exact) mass is 506 g/mol. The van der Waals surface area contributed by atoms with Crippen molar-refractivity contribution in [2.24, 2.45) is 0 Å². The molecule has 0 saturated heterocycles. The van der Waals surface area contributed by atoms with Crippen molar-refractivity contribution >= 4 is 33.0 Å². The zero-order valence-corrected chi connectivity index (χ0v) is 19.1. The number of halogens is 3. The third-order valence-electron chi connectivity index (χ3n) is 4.91. The highest BCUT2D eigenvalue weighted by Gasteiger charge is 2.43. The second kappa shape index (κ2) is 9.77. The molecule has 176 valence electrons. The molecule has 11 heteroatoms. The molecule has 1 amide bonds. The summed E-state index contributed by atoms with van der Waals surface area (Å²) < 4.78 is 58.8. The normalized spacial score (nSPS) is 12.9. The summed E-state index contributed by atoms with van der Waals surface area (Å²) in [7, 11) is -3.24. The number of nitriles is 1. The van der Waals surface area contributed by atoms with Crippen LogP contribution in [-0.2, 0) is 20.2 Å². The van der Waals surface area contributed by atoms with Crippen molar-refractivity contribution in [1.82, 2.24) is 0 Å². The van der Waals surface area contributed by atoms with Gasteiger partial charge in [0.1, 0.15) is 11.9 Å². The van der Waals surface area contributed by atoms with Crippen LogP contribution in [0.25, 0.3) is 0 Å². The molecule has 0 aliphatic carbocycles. The third kappa shape index (κ3) is 5.17. The molecule has 1 unspecified atom stereocenters. The maximum absolute atomic E-state index is 14.4. The lowest BCUT2D eigenvalue weighted by Crippen LogP contribution is -2.46. The first-order chi connectivity index (χ1) is 16.0. The number of carbonyl (C=O) groups is 1. The molecule has 2 N–H and O–H groups in total. The van der Waals surface area contributed by atoms with Crippen LogP contribution in [0, 0.1) is 23.0 Å². The number of rotatable bonds is 7. The number of anilines is 1. The molecular weight excluding hydrogens is 490 g/mol. The van der Waals surface area contributed by atoms with E-state index in [1.165, 1.54) is 25.3 Å². The molecule has 7 nitrogen and oxygen atoms in total. The minimum Gasteiger partial charge on any atom is -0.494 e. The van der Waals surface area contributed by atoms with E-state index >= 15 is 0 Å². The Labute approximate surface area is 199 Å². The average molecular weight is 507 g/mol. The molecule has 0 saturated carbocycles. The summed E-state index contributed by atoms with van der Waals surface area (Å²) in [6.07, 6.45) is 0. The van der Waals surface area contributed by atoms with Gasteiger partial charge in [-0.3, -0.25) is 4.79 Å². The molecule has 34 heavy (non-hydrogen) atoms. The summed E-state index contributed by atoms with van der Waals surface area (Å²) >= 11 is 5.97. The average Bonchev–Trinajstić information content (AvgIpc) is 2.78. The molecular formula is C23H17ClF2N2O5S. The number of carbonyl (C=O) groups excluding carboxylic acids is 1. The van der Waals surface area contributed by atoms with Gasteiger partial charge >= 0.3 is 0 Å². The molecule has 3 rings (SSSR count). The molecule has 1 atom stereocenters. The van der Waals surface area contributed by atoms with Crippen molar-refractivity contribution in [2.75, 3.05) is 18.2 Å². The molecule has 0 fully saturated rings. The van der Waals surface area contributed by atoms with Crippen LogP contribution in [-0.4, -0.2) is 32.3 Å². The summed E-state index contributed by atoms with van der Waals surface area (Å²) in [5.41, 5.74) is -3.02. The highest BCUT2D eigenvalue weighted by atomic mass is 35.5. The van der Waals surface area contributed by atoms with Gasteiger partial charge in [-0.25, -0.2) is 17.2 Å². The maximum Gasteiger partial charge on any atom is 0.262 e. The Morgan fingerprint density at radius 2 is 1.91 bits per heavy atom. The van der Waals surface area contributed by atoms with E-state index in [0.29, 0.717) is 0 Å². The zero-order valence-electron chi connectivity index (χ0n) is 17.6. The lowest BCUT2D eigenvalue weighted by atomic mass is 9.94. The fourth-order valence-electron chi connectivity index (χ4n) is 3.14. The van der Waals surface area contributed by atoms with E-state index in [1.54, 1.807) is 0 Å². The second-order valence-electron chi connectivity index (χ2n) is 7.19. The van der Waals surface area contributed by atoms with Gasteiger partial charge in [0.05, 0.1) is 28.3 Å². The first kappa shape index (κ1) is 25.1. The molecule has 0 heterocycles. The molecule has 3 aromatic rings. The van der Waals surface area contributed by atoms with E-state index in [-0.39, 0.29) is 27.6 Å². The number of hydrogen-bond acceptors (Lipinski definition) is 6. The Morgan fingerprint density at radius 1 is 1.18 bits per heavy atom. The van der Waals surface area contributed by atoms with E-state index in [0.717, 1.165) is 42.5 Å². The minimum absolute atomic E-state index is 0.00622. The maximum atomic E-state index is 14.4. The number of methoxy groups -OCH3 is 1. The van der Waals surface area contributed by atoms with Crippen molar-refractivity contribution in [3.05, 3.63) is 88.4 Å². The number of aliphatic hydroxyl groups is 1. The van der Waals surface area contributed by atoms with Gasteiger partial charge in [0.2, 0.25) is 0 Å². The first-order valence-corrected chi connectivity index (χ1v) is 11.6. The van der Waals surface area contributed by atoms with Crippen molar-refractivity contribution < 1.29 is 31.8 Å². The SMILES string of the molecule is COc1ccc(C(O)(CS(=O)(=O)c2cccc(F)c2)C(=O)Nc2ccc(C#N)c(Cl)c2)cc1F. The Balaban J connectivity index is 2.08. The van der Waals surface area contributed by atoms with E-state index < -0.39 is 43.6 Å². The van der Waals surface area contributed by atoms with Crippen LogP contribution in [0.3, 0.4) is 0 Å². The third-order valence-corrected chi connectivity index (χ3v) is 6.99. The molecule has 0 radical (unpaired) electrons. The Hall–Kier alpha value is -3.52. The highest BCUT2D eigenvalue weighted by molar-refractivity contribution is 7.91. The molecule has 0 spiro atoms. The van der Waals surface area contributed by atoms with Crippen molar-refractivity contribution in [3.8, 4) is 11.8 Å². The summed E-state index contributed by atoms with van der Waals surface area (Å²) in [5.74, 6) is -4.44. The van der Waals surface area contributed by atoms with Crippen LogP contribution in [0.2, 0.25) is 5.02 Å². The smallest absolute Gasteiger partial charge is 0.262 e. The van der Waals surface area contributed by atoms with Crippen LogP contribution >= 0.6 is 11.6 Å². The van der Waals surface area contributed by atoms with E-state index in [2.05, 4.69) is 5.32 Å². The molecule has 0 aliphatic rings. The predicted molar refractivity (Wildman–Crippen MR) is 120 cm³/mol. The van der Waals surface area contributed by atoms with Crippen molar-refractivity contribution in [3.63, 3.8) is 0 Å². The van der Waals surface area contributed by atoms with Crippen LogP contribution in [0.15, 0.2) is 65.6 Å². The fourth-order valence-corrected chi connectivity index (χ4v) is 4.96. The second-order valence-corrected chi connectivity index (χ2v) is 9.58. The minimum atomic E-state index is -4.45. The number of ether oxygens (including phenoxy) is 1. The van der Waals surface area contributed by atoms with Gasteiger partial charge in [-0.05, 0) is 54.1 Å². The number of hydrogen-bond donors (Lipinski definition) is 2. The topological polar surface area (TPSA) is 116 Å². The summed E-state index contributed by atoms with van der Waals surface area (Å²) in [5, 5.41) is 22.7. The van der Waals surface area contributed by atoms with E-state index in [9.17, 15) is 27.1 Å². The number of benzene rings is 3. The van der Waals surface area contributed by atoms with Gasteiger partial charge in [0, 0.05) is 5.69 Å². The van der Waals surface area contributed by atoms with Gasteiger partial charge in [0.15, 0.2) is 27.0 Å². The zero-order chi connectivity index (χ0) is 25.1. The fraction of sp³-hybridized carbons (Fsp3) is 0.130. The summed E-state index contributed by atoms with van der Waals surface area (Å²) in [6.45, 7) is 0. The van der Waals surface area contributed by atoms with Gasteiger partial charge in [-0.15, -0.1) is 0 Å². The number of sulfone groups is 1. The quantitative estimate of drug-likeness (QED) is 0.503. The summed E-state index contributed by atoms with van der Waals surface area (Å²) in [4.78, 5) is 12.7. The largest absolute Gasteiger partial charge is 0.494 e. The molecule has 3 aromatic carbocycles. The van der Waals surface area contributed by atoms with Crippen molar-refractivity contribution in [2.45, 2.75) is 10.5 Å². The van der Waals surface area contributed by atoms with Gasteiger partial charge in [-0.1, -0.05) is 23.7 Å². The van der Waals surface area contributed by atoms with Crippen LogP contribution < -0.4 is 10.1 Å². The molecule has 0 aromatic heterocycles. The Bertz CT molecular complexity index is 1410. The summed E-state index contributed by atoms with van der Waals surface area (Å²) in [6, 6.07) is 12.8. The first-order valence-electron chi connectivity index (χ1n) is 9.56. The lowest BCUT2D eigenvalue weighted by molar-refractivity contribution is -0.132. The Kier molecular flexibility index (Phi) is 7.21. The van der Waals surface area contributed by atoms with Crippen LogP contribution in [0.5, 0.6) is 5.75 Å². The van der Waals surface area contributed by atoms with Crippen LogP contribution in [0.4, 0.5) is 14.5 Å². The predicted octanol–water partition coefficient (Wildman–Crippen LogP) is 3.80. The number of nitrogens with one attached hydrogen (secondary N) is 1. The van der Waals surface area contributed by atoms with Gasteiger partial charge in [-0.2, -0.15) is 5.26 Å². The standard InChI is InChI=1S/C23H17ClF2N2O5S/c1-33-21-8-6-15(9-20(21)26)23(30,13-34(31,32)18-4-2-3-16(25)10-18)22(29)28-17-7-5-14(12-27)19(24)11-17/h2-11,30H,13H2,1H3,(H,28,29).